The van der Waals surface area contributed by atoms with Crippen LogP contribution in [0.1, 0.15) is 11.1 Å². The lowest BCUT2D eigenvalue weighted by molar-refractivity contribution is 0.117. The van der Waals surface area contributed by atoms with Crippen LogP contribution in [0.5, 0.6) is 11.5 Å². The first kappa shape index (κ1) is 45.6. The van der Waals surface area contributed by atoms with E-state index >= 15 is 0 Å². The number of aliphatic hydroxyl groups is 2. The molecule has 3 N–H and O–H groups in total. The van der Waals surface area contributed by atoms with Gasteiger partial charge in [-0.2, -0.15) is 20.7 Å². The molecule has 0 spiro atoms. The molecule has 20 heteroatoms. The van der Waals surface area contributed by atoms with E-state index in [9.17, 15) is 13.5 Å². The summed E-state index contributed by atoms with van der Waals surface area (Å²) >= 11 is 0. The molecule has 2 aliphatic rings. The number of nitrogens with one attached hydrogen (secondary N) is 1. The number of methoxy groups -OCH3 is 2. The van der Waals surface area contributed by atoms with E-state index in [2.05, 4.69) is 41.5 Å². The number of β-amino-alcohol motifs (C(OH)–C–C–N with tert-alkyl or cyclic N) is 2. The Morgan fingerprint density at radius 2 is 1.25 bits per heavy atom. The summed E-state index contributed by atoms with van der Waals surface area (Å²) in [5.41, 5.74) is 7.53. The minimum absolute atomic E-state index is 0. The Morgan fingerprint density at radius 3 is 1.66 bits per heavy atom. The Bertz CT molecular complexity index is 2670. The number of nitrogens with zero attached hydrogens (tertiary/aromatic N) is 11. The van der Waals surface area contributed by atoms with Gasteiger partial charge in [-0.25, -0.2) is 28.4 Å². The van der Waals surface area contributed by atoms with Gasteiger partial charge in [0.25, 0.3) is 0 Å². The number of hydrogen-bond acceptors (Lipinski definition) is 16. The molecule has 6 aromatic rings. The van der Waals surface area contributed by atoms with Crippen molar-refractivity contribution in [3.05, 3.63) is 84.4 Å². The highest BCUT2D eigenvalue weighted by molar-refractivity contribution is 7.90. The molecule has 2 fully saturated rings. The van der Waals surface area contributed by atoms with Gasteiger partial charge in [-0.3, -0.25) is 9.36 Å². The average Bonchev–Trinajstić information content (AvgIpc) is 3.84. The number of hydrogen-bond donors (Lipinski definition) is 3. The maximum Gasteiger partial charge on any atom is 0.247 e. The zero-order valence-electron chi connectivity index (χ0n) is 34.1. The van der Waals surface area contributed by atoms with Gasteiger partial charge in [-0.15, -0.1) is 12.4 Å². The number of anilines is 1. The van der Waals surface area contributed by atoms with Crippen LogP contribution >= 0.6 is 12.4 Å². The highest BCUT2D eigenvalue weighted by Gasteiger charge is 2.27. The fourth-order valence-corrected chi connectivity index (χ4v) is 6.68. The second-order valence-electron chi connectivity index (χ2n) is 14.1. The summed E-state index contributed by atoms with van der Waals surface area (Å²) in [7, 11) is -0.343. The number of aromatic nitrogens is 8. The molecule has 0 amide bonds. The minimum atomic E-state index is -3.55. The molecule has 2 aliphatic heterocycles. The summed E-state index contributed by atoms with van der Waals surface area (Å²) in [5, 5.41) is 47.8. The van der Waals surface area contributed by atoms with Crippen molar-refractivity contribution in [3.8, 4) is 68.7 Å². The third-order valence-electron chi connectivity index (χ3n) is 9.17. The zero-order valence-corrected chi connectivity index (χ0v) is 35.7. The third kappa shape index (κ3) is 11.4. The Kier molecular flexibility index (Phi) is 15.1. The summed E-state index contributed by atoms with van der Waals surface area (Å²) in [6.45, 7) is 6.77. The fraction of sp³-hybridized carbons (Fsp3) is 0.317. The number of ether oxygens (including phenoxy) is 2. The van der Waals surface area contributed by atoms with E-state index in [1.165, 1.54) is 10.9 Å². The van der Waals surface area contributed by atoms with Crippen LogP contribution < -0.4 is 19.7 Å². The van der Waals surface area contributed by atoms with E-state index < -0.39 is 9.84 Å². The molecule has 0 bridgehead atoms. The Hall–Kier alpha value is -6.48. The van der Waals surface area contributed by atoms with E-state index in [-0.39, 0.29) is 42.9 Å². The predicted octanol–water partition coefficient (Wildman–Crippen LogP) is 3.65. The summed E-state index contributed by atoms with van der Waals surface area (Å²) in [6.07, 6.45) is 7.26. The lowest BCUT2D eigenvalue weighted by Crippen LogP contribution is -2.51. The normalized spacial score (nSPS) is 13.4. The van der Waals surface area contributed by atoms with Gasteiger partial charge in [-0.1, -0.05) is 0 Å². The second-order valence-corrected chi connectivity index (χ2v) is 16.0. The van der Waals surface area contributed by atoms with E-state index in [1.807, 2.05) is 73.5 Å². The molecule has 0 atom stereocenters. The quantitative estimate of drug-likeness (QED) is 0.166. The van der Waals surface area contributed by atoms with Crippen LogP contribution in [-0.2, 0) is 22.9 Å². The first-order valence-corrected chi connectivity index (χ1v) is 20.6. The van der Waals surface area contributed by atoms with Crippen molar-refractivity contribution < 1.29 is 28.1 Å². The van der Waals surface area contributed by atoms with Crippen molar-refractivity contribution in [2.75, 3.05) is 51.6 Å². The monoisotopic (exact) mass is 868 g/mol. The lowest BCUT2D eigenvalue weighted by Gasteiger charge is -2.35. The van der Waals surface area contributed by atoms with E-state index in [1.54, 1.807) is 37.4 Å². The fourth-order valence-electron chi connectivity index (χ4n) is 6.17. The number of nitriles is 2. The number of halogens is 1. The highest BCUT2D eigenvalue weighted by Crippen LogP contribution is 2.35. The molecule has 0 saturated carbocycles. The minimum Gasteiger partial charge on any atom is -0.497 e. The van der Waals surface area contributed by atoms with Gasteiger partial charge in [-0.05, 0) is 73.5 Å². The zero-order chi connectivity index (χ0) is 43.0. The number of aliphatic hydroxyl groups excluding tert-OH is 2. The van der Waals surface area contributed by atoms with Crippen LogP contribution in [0.3, 0.4) is 0 Å². The number of sulfone groups is 1. The van der Waals surface area contributed by atoms with Gasteiger partial charge >= 0.3 is 0 Å². The van der Waals surface area contributed by atoms with Crippen LogP contribution in [-0.4, -0.2) is 117 Å². The van der Waals surface area contributed by atoms with Gasteiger partial charge < -0.3 is 29.9 Å². The van der Waals surface area contributed by atoms with E-state index in [0.29, 0.717) is 47.4 Å². The van der Waals surface area contributed by atoms with Crippen molar-refractivity contribution in [1.29, 1.82) is 10.5 Å². The van der Waals surface area contributed by atoms with Gasteiger partial charge in [0, 0.05) is 79.5 Å². The molecule has 18 nitrogen and oxygen atoms in total. The molecule has 4 aromatic heterocycles. The van der Waals surface area contributed by atoms with Gasteiger partial charge in [0.05, 0.1) is 50.0 Å². The molecular formula is C41H45ClN12O6S. The third-order valence-corrected chi connectivity index (χ3v) is 10.0. The molecule has 2 aromatic carbocycles. The Balaban J connectivity index is 0.000000204. The van der Waals surface area contributed by atoms with E-state index in [0.717, 1.165) is 58.6 Å². The summed E-state index contributed by atoms with van der Waals surface area (Å²) < 4.78 is 37.4. The molecular weight excluding hydrogens is 824 g/mol. The van der Waals surface area contributed by atoms with Crippen LogP contribution in [0.2, 0.25) is 0 Å². The molecule has 8 rings (SSSR count). The van der Waals surface area contributed by atoms with Crippen molar-refractivity contribution in [2.24, 2.45) is 0 Å². The van der Waals surface area contributed by atoms with Crippen LogP contribution in [0.4, 0.5) is 5.95 Å². The van der Waals surface area contributed by atoms with Crippen molar-refractivity contribution in [1.82, 2.24) is 44.8 Å². The molecule has 61 heavy (non-hydrogen) atoms. The maximum absolute atomic E-state index is 11.8. The number of benzene rings is 2. The smallest absolute Gasteiger partial charge is 0.247 e. The van der Waals surface area contributed by atoms with Crippen molar-refractivity contribution >= 4 is 28.2 Å². The van der Waals surface area contributed by atoms with Crippen molar-refractivity contribution in [3.63, 3.8) is 0 Å². The SMILES string of the molecule is COc1cc(C)cc(-c2nn(CC#N)cc2-c2ccnc(N3CC(O)C3)n2)c1.COc1cc(C)cc(-c2nn(CC#N)cc2-c2ccnc(S(C)(=O)=O)n2)c1.Cl.OC1CNC1. The predicted molar refractivity (Wildman–Crippen MR) is 229 cm³/mol. The Labute approximate surface area is 359 Å². The largest absolute Gasteiger partial charge is 0.497 e. The van der Waals surface area contributed by atoms with Crippen LogP contribution in [0.25, 0.3) is 45.0 Å². The van der Waals surface area contributed by atoms with Gasteiger partial charge in [0.2, 0.25) is 20.9 Å². The number of aryl methyl sites for hydroxylation is 2. The summed E-state index contributed by atoms with van der Waals surface area (Å²) in [6, 6.07) is 19.2. The first-order chi connectivity index (χ1) is 28.8. The van der Waals surface area contributed by atoms with Gasteiger partial charge in [0.1, 0.15) is 36.0 Å². The van der Waals surface area contributed by atoms with Crippen LogP contribution in [0.15, 0.2) is 78.5 Å². The van der Waals surface area contributed by atoms with E-state index in [4.69, 9.17) is 25.1 Å². The summed E-state index contributed by atoms with van der Waals surface area (Å²) in [4.78, 5) is 18.9. The molecule has 0 radical (unpaired) electrons. The highest BCUT2D eigenvalue weighted by atomic mass is 35.5. The molecule has 318 valence electrons. The Morgan fingerprint density at radius 1 is 0.770 bits per heavy atom. The van der Waals surface area contributed by atoms with Crippen molar-refractivity contribution in [2.45, 2.75) is 44.3 Å². The second kappa shape index (κ2) is 20.2. The summed E-state index contributed by atoms with van der Waals surface area (Å²) in [5.74, 6) is 1.99. The molecule has 0 aliphatic carbocycles. The average molecular weight is 869 g/mol. The standard InChI is InChI=1S/C20H20N6O2.C18H17N5O3S.C3H7NO.ClH/c1-13-7-14(9-16(8-13)28-2)19-17(12-26(24-19)6-4-21)18-3-5-22-20(23-18)25-10-15(27)11-25;1-12-8-13(10-14(9-12)26-2)17-15(11-23(22-17)7-5-19)16-4-6-20-18(21-16)27(3,24)25;5-3-1-4-2-3;/h3,5,7-9,12,15,27H,6,10-11H2,1-2H3;4,6,8-11H,7H2,1-3H3;3-5H,1-2H2;1H. The topological polar surface area (TPSA) is 243 Å². The van der Waals surface area contributed by atoms with Crippen LogP contribution in [0, 0.1) is 36.5 Å². The number of rotatable bonds is 10. The lowest BCUT2D eigenvalue weighted by atomic mass is 10.0. The molecule has 2 saturated heterocycles. The first-order valence-electron chi connectivity index (χ1n) is 18.7. The molecule has 0 unspecified atom stereocenters. The maximum atomic E-state index is 11.8. The molecule has 6 heterocycles. The van der Waals surface area contributed by atoms with Gasteiger partial charge in [0.15, 0.2) is 0 Å².